The lowest BCUT2D eigenvalue weighted by molar-refractivity contribution is -0.145. The first-order valence-corrected chi connectivity index (χ1v) is 11.6. The maximum absolute atomic E-state index is 12.5. The maximum atomic E-state index is 12.5. The van der Waals surface area contributed by atoms with Gasteiger partial charge in [0.2, 0.25) is 5.91 Å². The summed E-state index contributed by atoms with van der Waals surface area (Å²) in [4.78, 5) is 52.8. The van der Waals surface area contributed by atoms with Crippen LogP contribution in [-0.2, 0) is 20.9 Å². The van der Waals surface area contributed by atoms with Gasteiger partial charge in [-0.15, -0.1) is 0 Å². The van der Waals surface area contributed by atoms with Gasteiger partial charge in [-0.25, -0.2) is 0 Å². The largest absolute Gasteiger partial charge is 0.481 e. The predicted molar refractivity (Wildman–Crippen MR) is 127 cm³/mol. The third-order valence-electron chi connectivity index (χ3n) is 6.97. The van der Waals surface area contributed by atoms with Crippen molar-refractivity contribution in [3.63, 3.8) is 0 Å². The Kier molecular flexibility index (Phi) is 5.89. The van der Waals surface area contributed by atoms with Crippen LogP contribution in [0, 0.1) is 5.92 Å². The molecule has 1 aromatic carbocycles. The van der Waals surface area contributed by atoms with Gasteiger partial charge in [0, 0.05) is 72.1 Å². The van der Waals surface area contributed by atoms with Gasteiger partial charge in [0.1, 0.15) is 6.04 Å². The molecule has 4 N–H and O–H groups in total. The van der Waals surface area contributed by atoms with Crippen LogP contribution in [0.2, 0.25) is 0 Å². The number of rotatable bonds is 7. The molecule has 2 aromatic heterocycles. The number of amides is 1. The van der Waals surface area contributed by atoms with Crippen molar-refractivity contribution in [2.75, 3.05) is 18.4 Å². The maximum Gasteiger partial charge on any atom is 0.325 e. The Labute approximate surface area is 200 Å². The van der Waals surface area contributed by atoms with Gasteiger partial charge in [-0.1, -0.05) is 6.07 Å². The van der Waals surface area contributed by atoms with Crippen molar-refractivity contribution < 1.29 is 24.6 Å². The molecular formula is C25H26N4O6. The number of carboxylic acid groups (broad SMARTS) is 2. The van der Waals surface area contributed by atoms with Gasteiger partial charge in [0.15, 0.2) is 0 Å². The summed E-state index contributed by atoms with van der Waals surface area (Å²) in [7, 11) is 0. The van der Waals surface area contributed by atoms with Crippen LogP contribution in [0.25, 0.3) is 10.9 Å². The molecule has 0 aliphatic carbocycles. The van der Waals surface area contributed by atoms with Crippen molar-refractivity contribution in [1.82, 2.24) is 14.5 Å². The third-order valence-corrected chi connectivity index (χ3v) is 6.97. The van der Waals surface area contributed by atoms with Gasteiger partial charge < -0.3 is 25.1 Å². The van der Waals surface area contributed by atoms with Gasteiger partial charge in [0.25, 0.3) is 5.56 Å². The van der Waals surface area contributed by atoms with E-state index in [1.807, 2.05) is 15.5 Å². The molecule has 10 heteroatoms. The van der Waals surface area contributed by atoms with Crippen LogP contribution < -0.4 is 10.9 Å². The Morgan fingerprint density at radius 3 is 2.69 bits per heavy atom. The van der Waals surface area contributed by atoms with Crippen molar-refractivity contribution in [2.45, 2.75) is 37.8 Å². The number of nitrogens with zero attached hydrogens (tertiary/aromatic N) is 2. The van der Waals surface area contributed by atoms with Crippen LogP contribution in [0.15, 0.2) is 47.4 Å². The zero-order valence-corrected chi connectivity index (χ0v) is 18.9. The van der Waals surface area contributed by atoms with Crippen LogP contribution in [-0.4, -0.2) is 55.6 Å². The first-order valence-electron chi connectivity index (χ1n) is 11.6. The molecule has 0 unspecified atom stereocenters. The number of carboxylic acids is 2. The van der Waals surface area contributed by atoms with Crippen LogP contribution in [0.4, 0.5) is 5.69 Å². The van der Waals surface area contributed by atoms with Gasteiger partial charge in [-0.3, -0.25) is 24.1 Å². The van der Waals surface area contributed by atoms with E-state index in [1.54, 1.807) is 36.5 Å². The van der Waals surface area contributed by atoms with Gasteiger partial charge in [-0.05, 0) is 36.6 Å². The Morgan fingerprint density at radius 2 is 1.91 bits per heavy atom. The van der Waals surface area contributed by atoms with E-state index in [1.165, 1.54) is 0 Å². The molecule has 4 heterocycles. The molecule has 5 rings (SSSR count). The number of hydrogen-bond donors (Lipinski definition) is 4. The first kappa shape index (κ1) is 22.9. The number of nitrogens with one attached hydrogen (secondary N) is 2. The second kappa shape index (κ2) is 9.03. The van der Waals surface area contributed by atoms with Gasteiger partial charge in [0.05, 0.1) is 6.42 Å². The number of carbonyl (C=O) groups excluding carboxylic acids is 1. The van der Waals surface area contributed by atoms with E-state index in [9.17, 15) is 24.3 Å². The van der Waals surface area contributed by atoms with Crippen molar-refractivity contribution in [1.29, 1.82) is 0 Å². The van der Waals surface area contributed by atoms with E-state index in [0.717, 1.165) is 17.6 Å². The lowest BCUT2D eigenvalue weighted by Crippen LogP contribution is -2.49. The number of anilines is 1. The molecular weight excluding hydrogens is 452 g/mol. The number of H-pyrrole nitrogens is 1. The zero-order valence-electron chi connectivity index (χ0n) is 18.9. The Hall–Kier alpha value is -3.92. The molecule has 0 saturated carbocycles. The molecule has 3 aromatic rings. The quantitative estimate of drug-likeness (QED) is 0.408. The average Bonchev–Trinajstić information content (AvgIpc) is 3.21. The first-order chi connectivity index (χ1) is 16.8. The molecule has 35 heavy (non-hydrogen) atoms. The minimum atomic E-state index is -1.05. The summed E-state index contributed by atoms with van der Waals surface area (Å²) in [6.45, 7) is 1.66. The standard InChI is InChI=1S/C25H26N4O6/c30-21(6-7-23(32)33)27-16-4-5-19-17(9-16)18(10-26-19)24(25(34)35)28-11-14-8-15(13-28)20-2-1-3-22(31)29(20)12-14/h1-5,9-10,14-15,24,26H,6-8,11-13H2,(H,27,30)(H,32,33)(H,34,35)/t14-,15-,24+/m0/s1. The van der Waals surface area contributed by atoms with Crippen LogP contribution in [0.5, 0.6) is 0 Å². The lowest BCUT2D eigenvalue weighted by atomic mass is 9.82. The SMILES string of the molecule is O=C(O)CCC(=O)Nc1ccc2[nH]cc([C@H](C(=O)O)N3C[C@@H]4C[C@@H](C3)c3cccc(=O)n3C4)c2c1. The number of aromatic nitrogens is 2. The van der Waals surface area contributed by atoms with Crippen molar-refractivity contribution >= 4 is 34.4 Å². The van der Waals surface area contributed by atoms with E-state index in [-0.39, 0.29) is 30.2 Å². The monoisotopic (exact) mass is 478 g/mol. The van der Waals surface area contributed by atoms with E-state index < -0.39 is 23.9 Å². The molecule has 0 radical (unpaired) electrons. The number of benzene rings is 1. The number of aromatic amines is 1. The number of aliphatic carboxylic acids is 2. The number of hydrogen-bond acceptors (Lipinski definition) is 5. The van der Waals surface area contributed by atoms with Crippen LogP contribution in [0.1, 0.15) is 42.5 Å². The van der Waals surface area contributed by atoms with E-state index in [0.29, 0.717) is 36.3 Å². The second-order valence-corrected chi connectivity index (χ2v) is 9.34. The number of carbonyl (C=O) groups is 3. The Morgan fingerprint density at radius 1 is 1.09 bits per heavy atom. The van der Waals surface area contributed by atoms with Crippen molar-refractivity contribution in [3.05, 3.63) is 64.2 Å². The molecule has 182 valence electrons. The number of fused-ring (bicyclic) bond motifs is 5. The summed E-state index contributed by atoms with van der Waals surface area (Å²) in [5.74, 6) is -2.18. The molecule has 1 saturated heterocycles. The predicted octanol–water partition coefficient (Wildman–Crippen LogP) is 2.38. The van der Waals surface area contributed by atoms with E-state index >= 15 is 0 Å². The van der Waals surface area contributed by atoms with Crippen molar-refractivity contribution in [2.24, 2.45) is 5.92 Å². The number of likely N-dealkylation sites (tertiary alicyclic amines) is 1. The fourth-order valence-corrected chi connectivity index (χ4v) is 5.52. The summed E-state index contributed by atoms with van der Waals surface area (Å²) < 4.78 is 1.82. The number of pyridine rings is 1. The minimum Gasteiger partial charge on any atom is -0.481 e. The zero-order chi connectivity index (χ0) is 24.7. The molecule has 3 atom stereocenters. The highest BCUT2D eigenvalue weighted by Gasteiger charge is 2.40. The van der Waals surface area contributed by atoms with Crippen LogP contribution >= 0.6 is 0 Å². The van der Waals surface area contributed by atoms with Crippen molar-refractivity contribution in [3.8, 4) is 0 Å². The molecule has 2 aliphatic rings. The van der Waals surface area contributed by atoms with E-state index in [4.69, 9.17) is 5.11 Å². The smallest absolute Gasteiger partial charge is 0.325 e. The van der Waals surface area contributed by atoms with Gasteiger partial charge in [-0.2, -0.15) is 0 Å². The molecule has 0 spiro atoms. The third kappa shape index (κ3) is 4.44. The van der Waals surface area contributed by atoms with E-state index in [2.05, 4.69) is 10.3 Å². The summed E-state index contributed by atoms with van der Waals surface area (Å²) in [5, 5.41) is 22.4. The summed E-state index contributed by atoms with van der Waals surface area (Å²) in [6.07, 6.45) is 2.21. The highest BCUT2D eigenvalue weighted by atomic mass is 16.4. The van der Waals surface area contributed by atoms with Gasteiger partial charge >= 0.3 is 11.9 Å². The number of piperidine rings is 1. The summed E-state index contributed by atoms with van der Waals surface area (Å²) in [6, 6.07) is 9.55. The Balaban J connectivity index is 1.43. The normalized spacial score (nSPS) is 20.2. The highest BCUT2D eigenvalue weighted by molar-refractivity contribution is 5.96. The molecule has 2 bridgehead atoms. The molecule has 1 amide bonds. The van der Waals surface area contributed by atoms with Crippen LogP contribution in [0.3, 0.4) is 0 Å². The average molecular weight is 479 g/mol. The Bertz CT molecular complexity index is 1380. The fraction of sp³-hybridized carbons (Fsp3) is 0.360. The summed E-state index contributed by atoms with van der Waals surface area (Å²) in [5.41, 5.74) is 2.74. The summed E-state index contributed by atoms with van der Waals surface area (Å²) >= 11 is 0. The fourth-order valence-electron chi connectivity index (χ4n) is 5.52. The molecule has 10 nitrogen and oxygen atoms in total. The second-order valence-electron chi connectivity index (χ2n) is 9.34. The highest BCUT2D eigenvalue weighted by Crippen LogP contribution is 2.40. The minimum absolute atomic E-state index is 0.0185. The molecule has 2 aliphatic heterocycles. The molecule has 1 fully saturated rings. The lowest BCUT2D eigenvalue weighted by Gasteiger charge is -2.44. The topological polar surface area (TPSA) is 145 Å².